The second-order valence-electron chi connectivity index (χ2n) is 4.52. The molecule has 2 aromatic heterocycles. The van der Waals surface area contributed by atoms with Crippen LogP contribution in [0.5, 0.6) is 0 Å². The van der Waals surface area contributed by atoms with E-state index in [1.54, 1.807) is 0 Å². The van der Waals surface area contributed by atoms with Crippen LogP contribution >= 0.6 is 11.6 Å². The minimum Gasteiger partial charge on any atom is -0.380 e. The summed E-state index contributed by atoms with van der Waals surface area (Å²) in [6, 6.07) is 8.09. The summed E-state index contributed by atoms with van der Waals surface area (Å²) in [5.74, 6) is 1.24. The number of imidazole rings is 1. The number of alkyl halides is 1. The van der Waals surface area contributed by atoms with Gasteiger partial charge in [-0.1, -0.05) is 18.2 Å². The molecule has 0 radical (unpaired) electrons. The monoisotopic (exact) mass is 289 g/mol. The maximum Gasteiger partial charge on any atom is 0.125 e. The number of hydrogen-bond acceptors (Lipinski definition) is 3. The highest BCUT2D eigenvalue weighted by molar-refractivity contribution is 6.17. The zero-order valence-electron chi connectivity index (χ0n) is 11.3. The highest BCUT2D eigenvalue weighted by Gasteiger charge is 2.13. The number of rotatable bonds is 5. The summed E-state index contributed by atoms with van der Waals surface area (Å²) in [5.41, 5.74) is 2.94. The van der Waals surface area contributed by atoms with Crippen LogP contribution in [0.1, 0.15) is 12.7 Å². The number of benzene rings is 1. The first-order chi connectivity index (χ1) is 9.85. The number of para-hydroxylation sites is 1. The number of ether oxygens (including phenoxy) is 1. The number of fused-ring (bicyclic) bond motifs is 3. The molecule has 3 aromatic rings. The predicted octanol–water partition coefficient (Wildman–Crippen LogP) is 3.36. The van der Waals surface area contributed by atoms with Gasteiger partial charge in [-0.2, -0.15) is 0 Å². The molecule has 0 amide bonds. The van der Waals surface area contributed by atoms with Crippen molar-refractivity contribution in [3.05, 3.63) is 36.3 Å². The highest BCUT2D eigenvalue weighted by Crippen LogP contribution is 2.25. The number of pyridine rings is 1. The Morgan fingerprint density at radius 3 is 2.90 bits per heavy atom. The quantitative estimate of drug-likeness (QED) is 0.534. The van der Waals surface area contributed by atoms with Crippen LogP contribution in [0.25, 0.3) is 21.9 Å². The van der Waals surface area contributed by atoms with E-state index in [1.165, 1.54) is 0 Å². The van der Waals surface area contributed by atoms with Gasteiger partial charge in [0, 0.05) is 18.5 Å². The van der Waals surface area contributed by atoms with E-state index in [0.29, 0.717) is 19.1 Å². The standard InChI is InChI=1S/C15H16ClN3O/c1-2-20-8-7-19-14(9-16)18-13-10-17-12-6-4-3-5-11(12)15(13)19/h3-6,10H,2,7-9H2,1H3. The summed E-state index contributed by atoms with van der Waals surface area (Å²) in [6.07, 6.45) is 1.81. The van der Waals surface area contributed by atoms with Crippen molar-refractivity contribution in [3.8, 4) is 0 Å². The molecule has 0 bridgehead atoms. The Hall–Kier alpha value is -1.65. The molecule has 0 unspecified atom stereocenters. The molecule has 20 heavy (non-hydrogen) atoms. The Morgan fingerprint density at radius 1 is 1.25 bits per heavy atom. The van der Waals surface area contributed by atoms with Crippen LogP contribution in [0.4, 0.5) is 0 Å². The Labute approximate surface area is 122 Å². The van der Waals surface area contributed by atoms with Gasteiger partial charge in [-0.3, -0.25) is 4.98 Å². The van der Waals surface area contributed by atoms with Gasteiger partial charge in [0.1, 0.15) is 11.3 Å². The topological polar surface area (TPSA) is 39.9 Å². The summed E-state index contributed by atoms with van der Waals surface area (Å²) in [6.45, 7) is 4.11. The molecule has 5 heteroatoms. The lowest BCUT2D eigenvalue weighted by Crippen LogP contribution is -2.08. The zero-order chi connectivity index (χ0) is 13.9. The van der Waals surface area contributed by atoms with Crippen molar-refractivity contribution in [1.82, 2.24) is 14.5 Å². The Morgan fingerprint density at radius 2 is 2.10 bits per heavy atom. The molecule has 0 N–H and O–H groups in total. The van der Waals surface area contributed by atoms with E-state index in [4.69, 9.17) is 16.3 Å². The number of aromatic nitrogens is 3. The van der Waals surface area contributed by atoms with Crippen LogP contribution in [0, 0.1) is 0 Å². The van der Waals surface area contributed by atoms with Crippen LogP contribution in [-0.2, 0) is 17.2 Å². The molecule has 2 heterocycles. The van der Waals surface area contributed by atoms with Gasteiger partial charge in [0.2, 0.25) is 0 Å². The number of hydrogen-bond donors (Lipinski definition) is 0. The molecule has 0 aliphatic carbocycles. The van der Waals surface area contributed by atoms with Crippen molar-refractivity contribution < 1.29 is 4.74 Å². The van der Waals surface area contributed by atoms with Crippen molar-refractivity contribution in [2.75, 3.05) is 13.2 Å². The summed E-state index contributed by atoms with van der Waals surface area (Å²) in [4.78, 5) is 9.02. The van der Waals surface area contributed by atoms with Crippen molar-refractivity contribution in [1.29, 1.82) is 0 Å². The van der Waals surface area contributed by atoms with E-state index in [1.807, 2.05) is 31.3 Å². The lowest BCUT2D eigenvalue weighted by molar-refractivity contribution is 0.139. The molecule has 0 fully saturated rings. The summed E-state index contributed by atoms with van der Waals surface area (Å²) in [7, 11) is 0. The van der Waals surface area contributed by atoms with Gasteiger partial charge in [0.25, 0.3) is 0 Å². The summed E-state index contributed by atoms with van der Waals surface area (Å²) >= 11 is 6.02. The van der Waals surface area contributed by atoms with E-state index >= 15 is 0 Å². The van der Waals surface area contributed by atoms with Gasteiger partial charge < -0.3 is 9.30 Å². The molecule has 0 atom stereocenters. The van der Waals surface area contributed by atoms with Gasteiger partial charge in [-0.25, -0.2) is 4.98 Å². The molecular weight excluding hydrogens is 274 g/mol. The van der Waals surface area contributed by atoms with Gasteiger partial charge in [0.05, 0.1) is 29.7 Å². The molecule has 0 spiro atoms. The van der Waals surface area contributed by atoms with Gasteiger partial charge in [0.15, 0.2) is 0 Å². The Kier molecular flexibility index (Phi) is 3.85. The van der Waals surface area contributed by atoms with Crippen molar-refractivity contribution >= 4 is 33.5 Å². The summed E-state index contributed by atoms with van der Waals surface area (Å²) in [5, 5.41) is 1.10. The molecule has 0 aliphatic heterocycles. The lowest BCUT2D eigenvalue weighted by atomic mass is 10.2. The van der Waals surface area contributed by atoms with E-state index in [0.717, 1.165) is 34.3 Å². The molecule has 1 aromatic carbocycles. The summed E-state index contributed by atoms with van der Waals surface area (Å²) < 4.78 is 7.60. The third kappa shape index (κ3) is 2.25. The third-order valence-corrected chi connectivity index (χ3v) is 3.58. The minimum atomic E-state index is 0.384. The first kappa shape index (κ1) is 13.3. The van der Waals surface area contributed by atoms with Crippen molar-refractivity contribution in [2.24, 2.45) is 0 Å². The molecule has 3 rings (SSSR count). The van der Waals surface area contributed by atoms with Crippen molar-refractivity contribution in [2.45, 2.75) is 19.3 Å². The maximum absolute atomic E-state index is 6.02. The Balaban J connectivity index is 2.20. The van der Waals surface area contributed by atoms with E-state index < -0.39 is 0 Å². The first-order valence-electron chi connectivity index (χ1n) is 6.71. The van der Waals surface area contributed by atoms with E-state index in [9.17, 15) is 0 Å². The fraction of sp³-hybridized carbons (Fsp3) is 0.333. The van der Waals surface area contributed by atoms with Crippen LogP contribution in [0.2, 0.25) is 0 Å². The third-order valence-electron chi connectivity index (χ3n) is 3.34. The average molecular weight is 290 g/mol. The van der Waals surface area contributed by atoms with Crippen LogP contribution in [-0.4, -0.2) is 27.7 Å². The van der Waals surface area contributed by atoms with E-state index in [2.05, 4.69) is 20.6 Å². The van der Waals surface area contributed by atoms with Crippen molar-refractivity contribution in [3.63, 3.8) is 0 Å². The fourth-order valence-electron chi connectivity index (χ4n) is 2.45. The fourth-order valence-corrected chi connectivity index (χ4v) is 2.66. The predicted molar refractivity (Wildman–Crippen MR) is 81.1 cm³/mol. The number of nitrogens with zero attached hydrogens (tertiary/aromatic N) is 3. The van der Waals surface area contributed by atoms with Gasteiger partial charge in [-0.05, 0) is 13.0 Å². The Bertz CT molecular complexity index is 738. The molecule has 4 nitrogen and oxygen atoms in total. The zero-order valence-corrected chi connectivity index (χ0v) is 12.1. The van der Waals surface area contributed by atoms with E-state index in [-0.39, 0.29) is 0 Å². The maximum atomic E-state index is 6.02. The molecule has 0 saturated carbocycles. The second kappa shape index (κ2) is 5.77. The SMILES string of the molecule is CCOCCn1c(CCl)nc2cnc3ccccc3c21. The smallest absolute Gasteiger partial charge is 0.125 e. The normalized spacial score (nSPS) is 11.5. The van der Waals surface area contributed by atoms with Gasteiger partial charge >= 0.3 is 0 Å². The lowest BCUT2D eigenvalue weighted by Gasteiger charge is -2.09. The molecular formula is C15H16ClN3O. The van der Waals surface area contributed by atoms with Crippen LogP contribution in [0.3, 0.4) is 0 Å². The number of halogens is 1. The molecule has 0 saturated heterocycles. The average Bonchev–Trinajstić information content (AvgIpc) is 2.86. The van der Waals surface area contributed by atoms with Crippen LogP contribution < -0.4 is 0 Å². The highest BCUT2D eigenvalue weighted by atomic mass is 35.5. The van der Waals surface area contributed by atoms with Gasteiger partial charge in [-0.15, -0.1) is 11.6 Å². The molecule has 0 aliphatic rings. The molecule has 104 valence electrons. The van der Waals surface area contributed by atoms with Crippen LogP contribution in [0.15, 0.2) is 30.5 Å². The first-order valence-corrected chi connectivity index (χ1v) is 7.25. The second-order valence-corrected chi connectivity index (χ2v) is 4.79. The largest absolute Gasteiger partial charge is 0.380 e. The minimum absolute atomic E-state index is 0.384.